The summed E-state index contributed by atoms with van der Waals surface area (Å²) < 4.78 is 0. The van der Waals surface area contributed by atoms with Crippen LogP contribution in [0, 0.1) is 0 Å². The van der Waals surface area contributed by atoms with Crippen LogP contribution in [0.1, 0.15) is 39.0 Å². The summed E-state index contributed by atoms with van der Waals surface area (Å²) in [5.41, 5.74) is 0. The van der Waals surface area contributed by atoms with Crippen LogP contribution < -0.4 is 0 Å². The first-order chi connectivity index (χ1) is 7.72. The van der Waals surface area contributed by atoms with Crippen molar-refractivity contribution in [1.29, 1.82) is 0 Å². The minimum Gasteiger partial charge on any atom is -0.339 e. The first-order valence-corrected chi connectivity index (χ1v) is 8.25. The Hall–Kier alpha value is 0.300. The van der Waals surface area contributed by atoms with Crippen molar-refractivity contribution in [3.05, 3.63) is 0 Å². The Kier molecular flexibility index (Phi) is 4.59. The molecule has 16 heavy (non-hydrogen) atoms. The summed E-state index contributed by atoms with van der Waals surface area (Å²) in [7, 11) is 0. The van der Waals surface area contributed by atoms with Gasteiger partial charge in [0.2, 0.25) is 5.91 Å². The van der Waals surface area contributed by atoms with Crippen LogP contribution in [0.4, 0.5) is 0 Å². The SMILES string of the molecule is CCSC1CCC(N2CCCC(Br)C2=O)C1. The minimum atomic E-state index is 0.0825. The highest BCUT2D eigenvalue weighted by Gasteiger charge is 2.35. The number of nitrogens with zero attached hydrogens (tertiary/aromatic N) is 1. The molecule has 4 heteroatoms. The van der Waals surface area contributed by atoms with Gasteiger partial charge >= 0.3 is 0 Å². The highest BCUT2D eigenvalue weighted by atomic mass is 79.9. The van der Waals surface area contributed by atoms with Crippen molar-refractivity contribution in [2.24, 2.45) is 0 Å². The predicted octanol–water partition coefficient (Wildman–Crippen LogP) is 3.05. The van der Waals surface area contributed by atoms with Crippen LogP contribution >= 0.6 is 27.7 Å². The molecular formula is C12H20BrNOS. The molecule has 3 atom stereocenters. The molecule has 3 unspecified atom stereocenters. The number of carbonyl (C=O) groups is 1. The molecule has 92 valence electrons. The standard InChI is InChI=1S/C12H20BrNOS/c1-2-16-10-6-5-9(8-10)14-7-3-4-11(13)12(14)15/h9-11H,2-8H2,1H3. The van der Waals surface area contributed by atoms with Crippen molar-refractivity contribution < 1.29 is 4.79 Å². The van der Waals surface area contributed by atoms with Crippen LogP contribution in [-0.4, -0.2) is 39.2 Å². The zero-order chi connectivity index (χ0) is 11.5. The number of alkyl halides is 1. The van der Waals surface area contributed by atoms with Crippen LogP contribution in [0.25, 0.3) is 0 Å². The van der Waals surface area contributed by atoms with E-state index in [0.29, 0.717) is 11.9 Å². The maximum absolute atomic E-state index is 12.0. The number of halogens is 1. The number of thioether (sulfide) groups is 1. The van der Waals surface area contributed by atoms with Gasteiger partial charge in [0.15, 0.2) is 0 Å². The fraction of sp³-hybridized carbons (Fsp3) is 0.917. The van der Waals surface area contributed by atoms with Crippen molar-refractivity contribution in [2.45, 2.75) is 55.1 Å². The van der Waals surface area contributed by atoms with Gasteiger partial charge in [-0.15, -0.1) is 0 Å². The van der Waals surface area contributed by atoms with Crippen molar-refractivity contribution in [1.82, 2.24) is 4.90 Å². The number of likely N-dealkylation sites (tertiary alicyclic amines) is 1. The third kappa shape index (κ3) is 2.76. The van der Waals surface area contributed by atoms with Crippen LogP contribution in [0.15, 0.2) is 0 Å². The Bertz CT molecular complexity index is 261. The highest BCUT2D eigenvalue weighted by molar-refractivity contribution is 9.10. The number of rotatable bonds is 3. The Morgan fingerprint density at radius 1 is 1.44 bits per heavy atom. The topological polar surface area (TPSA) is 20.3 Å². The highest BCUT2D eigenvalue weighted by Crippen LogP contribution is 2.34. The molecule has 2 rings (SSSR count). The molecule has 1 saturated carbocycles. The number of piperidine rings is 1. The second-order valence-corrected chi connectivity index (χ2v) is 7.37. The molecule has 1 saturated heterocycles. The number of amides is 1. The molecule has 0 spiro atoms. The normalized spacial score (nSPS) is 35.8. The van der Waals surface area contributed by atoms with E-state index in [2.05, 4.69) is 39.5 Å². The van der Waals surface area contributed by atoms with Crippen molar-refractivity contribution >= 4 is 33.6 Å². The van der Waals surface area contributed by atoms with Gasteiger partial charge in [0.1, 0.15) is 0 Å². The molecule has 2 aliphatic rings. The van der Waals surface area contributed by atoms with E-state index < -0.39 is 0 Å². The predicted molar refractivity (Wildman–Crippen MR) is 73.2 cm³/mol. The lowest BCUT2D eigenvalue weighted by molar-refractivity contribution is -0.134. The Labute approximate surface area is 111 Å². The molecular weight excluding hydrogens is 286 g/mol. The monoisotopic (exact) mass is 305 g/mol. The quantitative estimate of drug-likeness (QED) is 0.747. The van der Waals surface area contributed by atoms with Crippen molar-refractivity contribution in [3.63, 3.8) is 0 Å². The van der Waals surface area contributed by atoms with Gasteiger partial charge in [-0.3, -0.25) is 4.79 Å². The maximum Gasteiger partial charge on any atom is 0.236 e. The summed E-state index contributed by atoms with van der Waals surface area (Å²) in [6.45, 7) is 3.20. The maximum atomic E-state index is 12.0. The lowest BCUT2D eigenvalue weighted by Gasteiger charge is -2.34. The first-order valence-electron chi connectivity index (χ1n) is 6.28. The van der Waals surface area contributed by atoms with E-state index in [1.54, 1.807) is 0 Å². The van der Waals surface area contributed by atoms with Gasteiger partial charge in [0.05, 0.1) is 4.83 Å². The van der Waals surface area contributed by atoms with Crippen LogP contribution in [-0.2, 0) is 4.79 Å². The largest absolute Gasteiger partial charge is 0.339 e. The fourth-order valence-corrected chi connectivity index (χ4v) is 4.52. The molecule has 0 aromatic carbocycles. The molecule has 2 nitrogen and oxygen atoms in total. The van der Waals surface area contributed by atoms with Gasteiger partial charge in [-0.2, -0.15) is 11.8 Å². The average molecular weight is 306 g/mol. The second kappa shape index (κ2) is 5.76. The first kappa shape index (κ1) is 12.7. The van der Waals surface area contributed by atoms with E-state index in [1.807, 2.05) is 0 Å². The number of hydrogen-bond acceptors (Lipinski definition) is 2. The molecule has 0 N–H and O–H groups in total. The average Bonchev–Trinajstić information content (AvgIpc) is 2.71. The zero-order valence-electron chi connectivity index (χ0n) is 9.82. The molecule has 1 heterocycles. The van der Waals surface area contributed by atoms with E-state index in [0.717, 1.165) is 24.6 Å². The lowest BCUT2D eigenvalue weighted by Crippen LogP contribution is -2.46. The summed E-state index contributed by atoms with van der Waals surface area (Å²) in [6.07, 6.45) is 5.88. The van der Waals surface area contributed by atoms with Crippen LogP contribution in [0.3, 0.4) is 0 Å². The van der Waals surface area contributed by atoms with Gasteiger partial charge in [-0.1, -0.05) is 22.9 Å². The van der Waals surface area contributed by atoms with Gasteiger partial charge in [-0.05, 0) is 37.9 Å². The van der Waals surface area contributed by atoms with E-state index in [1.165, 1.54) is 25.0 Å². The summed E-state index contributed by atoms with van der Waals surface area (Å²) in [5, 5.41) is 0.790. The van der Waals surface area contributed by atoms with Crippen molar-refractivity contribution in [2.75, 3.05) is 12.3 Å². The van der Waals surface area contributed by atoms with Crippen LogP contribution in [0.5, 0.6) is 0 Å². The summed E-state index contributed by atoms with van der Waals surface area (Å²) in [6, 6.07) is 0.525. The minimum absolute atomic E-state index is 0.0825. The summed E-state index contributed by atoms with van der Waals surface area (Å²) in [5.74, 6) is 1.53. The smallest absolute Gasteiger partial charge is 0.236 e. The Morgan fingerprint density at radius 2 is 2.25 bits per heavy atom. The van der Waals surface area contributed by atoms with E-state index >= 15 is 0 Å². The number of carbonyl (C=O) groups excluding carboxylic acids is 1. The van der Waals surface area contributed by atoms with Crippen LogP contribution in [0.2, 0.25) is 0 Å². The molecule has 1 amide bonds. The Morgan fingerprint density at radius 3 is 3.00 bits per heavy atom. The molecule has 0 radical (unpaired) electrons. The third-order valence-electron chi connectivity index (χ3n) is 3.61. The van der Waals surface area contributed by atoms with Crippen molar-refractivity contribution in [3.8, 4) is 0 Å². The summed E-state index contributed by atoms with van der Waals surface area (Å²) in [4.78, 5) is 14.3. The van der Waals surface area contributed by atoms with E-state index in [4.69, 9.17) is 0 Å². The zero-order valence-corrected chi connectivity index (χ0v) is 12.2. The molecule has 2 fully saturated rings. The third-order valence-corrected chi connectivity index (χ3v) is 5.69. The Balaban J connectivity index is 1.90. The fourth-order valence-electron chi connectivity index (χ4n) is 2.80. The molecule has 1 aliphatic carbocycles. The number of hydrogen-bond donors (Lipinski definition) is 0. The molecule has 1 aliphatic heterocycles. The van der Waals surface area contributed by atoms with Gasteiger partial charge < -0.3 is 4.90 Å². The lowest BCUT2D eigenvalue weighted by atomic mass is 10.1. The van der Waals surface area contributed by atoms with E-state index in [-0.39, 0.29) is 4.83 Å². The summed E-state index contributed by atoms with van der Waals surface area (Å²) >= 11 is 5.55. The van der Waals surface area contributed by atoms with E-state index in [9.17, 15) is 4.79 Å². The second-order valence-electron chi connectivity index (χ2n) is 4.69. The molecule has 0 bridgehead atoms. The van der Waals surface area contributed by atoms with Gasteiger partial charge in [0, 0.05) is 17.8 Å². The van der Waals surface area contributed by atoms with Gasteiger partial charge in [0.25, 0.3) is 0 Å². The molecule has 0 aromatic heterocycles. The molecule has 0 aromatic rings. The van der Waals surface area contributed by atoms with Gasteiger partial charge in [-0.25, -0.2) is 0 Å².